The lowest BCUT2D eigenvalue weighted by molar-refractivity contribution is 0.146. The van der Waals surface area contributed by atoms with Crippen LogP contribution in [0.25, 0.3) is 0 Å². The van der Waals surface area contributed by atoms with Crippen LogP contribution in [0.1, 0.15) is 13.3 Å². The lowest BCUT2D eigenvalue weighted by Gasteiger charge is -2.10. The number of thiocarbonyl (C=S) groups is 1. The van der Waals surface area contributed by atoms with Crippen LogP contribution in [0.5, 0.6) is 5.75 Å². The molecule has 0 atom stereocenters. The van der Waals surface area contributed by atoms with Crippen LogP contribution >= 0.6 is 12.2 Å². The van der Waals surface area contributed by atoms with Gasteiger partial charge in [-0.2, -0.15) is 0 Å². The number of ether oxygens (including phenoxy) is 2. The Hall–Kier alpha value is -1.33. The molecule has 1 rings (SSSR count). The zero-order valence-electron chi connectivity index (χ0n) is 10.9. The summed E-state index contributed by atoms with van der Waals surface area (Å²) in [6.45, 7) is 4.31. The summed E-state index contributed by atoms with van der Waals surface area (Å²) < 4.78 is 10.3. The van der Waals surface area contributed by atoms with Gasteiger partial charge in [0.1, 0.15) is 5.75 Å². The van der Waals surface area contributed by atoms with Gasteiger partial charge in [-0.15, -0.1) is 0 Å². The number of hydrogen-bond acceptors (Lipinski definition) is 3. The third kappa shape index (κ3) is 5.84. The maximum absolute atomic E-state index is 5.24. The fourth-order valence-electron chi connectivity index (χ4n) is 1.37. The van der Waals surface area contributed by atoms with Crippen LogP contribution in [0.4, 0.5) is 5.69 Å². The highest BCUT2D eigenvalue weighted by atomic mass is 32.1. The zero-order valence-corrected chi connectivity index (χ0v) is 11.7. The van der Waals surface area contributed by atoms with Crippen LogP contribution in [-0.4, -0.2) is 32.0 Å². The SMILES string of the molecule is CCOCCCNC(=S)Nc1ccc(OC)cc1. The molecule has 5 heteroatoms. The van der Waals surface area contributed by atoms with Gasteiger partial charge in [0, 0.05) is 25.4 Å². The number of rotatable bonds is 7. The number of hydrogen-bond donors (Lipinski definition) is 2. The summed E-state index contributed by atoms with van der Waals surface area (Å²) in [4.78, 5) is 0. The van der Waals surface area contributed by atoms with E-state index in [4.69, 9.17) is 21.7 Å². The molecule has 1 aromatic rings. The number of anilines is 1. The van der Waals surface area contributed by atoms with Gasteiger partial charge in [0.2, 0.25) is 0 Å². The highest BCUT2D eigenvalue weighted by Crippen LogP contribution is 2.14. The fourth-order valence-corrected chi connectivity index (χ4v) is 1.59. The average Bonchev–Trinajstić information content (AvgIpc) is 2.39. The lowest BCUT2D eigenvalue weighted by Crippen LogP contribution is -2.29. The van der Waals surface area contributed by atoms with E-state index in [2.05, 4.69) is 10.6 Å². The second-order valence-electron chi connectivity index (χ2n) is 3.66. The number of benzene rings is 1. The zero-order chi connectivity index (χ0) is 13.2. The summed E-state index contributed by atoms with van der Waals surface area (Å²) >= 11 is 5.18. The molecule has 0 heterocycles. The van der Waals surface area contributed by atoms with Crippen molar-refractivity contribution >= 4 is 23.0 Å². The van der Waals surface area contributed by atoms with E-state index in [0.717, 1.165) is 37.6 Å². The molecule has 4 nitrogen and oxygen atoms in total. The molecule has 0 aliphatic carbocycles. The first-order valence-corrected chi connectivity index (χ1v) is 6.43. The maximum Gasteiger partial charge on any atom is 0.170 e. The van der Waals surface area contributed by atoms with Crippen molar-refractivity contribution in [2.45, 2.75) is 13.3 Å². The molecule has 0 saturated carbocycles. The smallest absolute Gasteiger partial charge is 0.170 e. The molecule has 0 aliphatic heterocycles. The van der Waals surface area contributed by atoms with Crippen molar-refractivity contribution in [3.05, 3.63) is 24.3 Å². The summed E-state index contributed by atoms with van der Waals surface area (Å²) in [5.41, 5.74) is 0.943. The van der Waals surface area contributed by atoms with Crippen LogP contribution in [0.3, 0.4) is 0 Å². The van der Waals surface area contributed by atoms with Crippen LogP contribution in [-0.2, 0) is 4.74 Å². The molecule has 2 N–H and O–H groups in total. The van der Waals surface area contributed by atoms with Gasteiger partial charge in [0.15, 0.2) is 5.11 Å². The Labute approximate surface area is 114 Å². The molecule has 0 saturated heterocycles. The first-order valence-electron chi connectivity index (χ1n) is 6.03. The quantitative estimate of drug-likeness (QED) is 0.587. The fraction of sp³-hybridized carbons (Fsp3) is 0.462. The molecule has 0 aromatic heterocycles. The van der Waals surface area contributed by atoms with Gasteiger partial charge < -0.3 is 20.1 Å². The van der Waals surface area contributed by atoms with Crippen LogP contribution < -0.4 is 15.4 Å². The highest BCUT2D eigenvalue weighted by molar-refractivity contribution is 7.80. The predicted molar refractivity (Wildman–Crippen MR) is 78.3 cm³/mol. The summed E-state index contributed by atoms with van der Waals surface area (Å²) in [5.74, 6) is 0.830. The molecule has 1 aromatic carbocycles. The minimum absolute atomic E-state index is 0.622. The monoisotopic (exact) mass is 268 g/mol. The number of nitrogens with one attached hydrogen (secondary N) is 2. The molecule has 100 valence electrons. The first kappa shape index (κ1) is 14.7. The van der Waals surface area contributed by atoms with Crippen molar-refractivity contribution in [1.29, 1.82) is 0 Å². The van der Waals surface area contributed by atoms with Crippen molar-refractivity contribution in [3.63, 3.8) is 0 Å². The van der Waals surface area contributed by atoms with Gasteiger partial charge in [0.25, 0.3) is 0 Å². The van der Waals surface area contributed by atoms with E-state index < -0.39 is 0 Å². The van der Waals surface area contributed by atoms with E-state index in [-0.39, 0.29) is 0 Å². The van der Waals surface area contributed by atoms with Gasteiger partial charge in [-0.3, -0.25) is 0 Å². The van der Waals surface area contributed by atoms with E-state index in [1.54, 1.807) is 7.11 Å². The molecular formula is C13H20N2O2S. The van der Waals surface area contributed by atoms with Crippen LogP contribution in [0.15, 0.2) is 24.3 Å². The molecule has 0 radical (unpaired) electrons. The summed E-state index contributed by atoms with van der Waals surface area (Å²) in [6.07, 6.45) is 0.943. The first-order chi connectivity index (χ1) is 8.76. The van der Waals surface area contributed by atoms with Crippen molar-refractivity contribution in [2.75, 3.05) is 32.2 Å². The Morgan fingerprint density at radius 1 is 1.28 bits per heavy atom. The molecule has 18 heavy (non-hydrogen) atoms. The Balaban J connectivity index is 2.22. The Bertz CT molecular complexity index is 355. The largest absolute Gasteiger partial charge is 0.497 e. The van der Waals surface area contributed by atoms with E-state index in [0.29, 0.717) is 5.11 Å². The summed E-state index contributed by atoms with van der Waals surface area (Å²) in [6, 6.07) is 7.63. The van der Waals surface area contributed by atoms with Gasteiger partial charge >= 0.3 is 0 Å². The van der Waals surface area contributed by atoms with Crippen molar-refractivity contribution < 1.29 is 9.47 Å². The van der Waals surface area contributed by atoms with Gasteiger partial charge in [-0.25, -0.2) is 0 Å². The minimum atomic E-state index is 0.622. The van der Waals surface area contributed by atoms with E-state index >= 15 is 0 Å². The van der Waals surface area contributed by atoms with E-state index in [1.807, 2.05) is 31.2 Å². The minimum Gasteiger partial charge on any atom is -0.497 e. The Kier molecular flexibility index (Phi) is 7.13. The Morgan fingerprint density at radius 3 is 2.61 bits per heavy atom. The topological polar surface area (TPSA) is 42.5 Å². The third-order valence-electron chi connectivity index (χ3n) is 2.30. The summed E-state index contributed by atoms with van der Waals surface area (Å²) in [5, 5.41) is 6.86. The predicted octanol–water partition coefficient (Wildman–Crippen LogP) is 2.41. The van der Waals surface area contributed by atoms with Crippen LogP contribution in [0.2, 0.25) is 0 Å². The van der Waals surface area contributed by atoms with E-state index in [1.165, 1.54) is 0 Å². The normalized spacial score (nSPS) is 9.89. The van der Waals surface area contributed by atoms with Crippen LogP contribution in [0, 0.1) is 0 Å². The third-order valence-corrected chi connectivity index (χ3v) is 2.55. The molecule has 0 unspecified atom stereocenters. The highest BCUT2D eigenvalue weighted by Gasteiger charge is 1.97. The van der Waals surface area contributed by atoms with Gasteiger partial charge in [-0.1, -0.05) is 0 Å². The number of methoxy groups -OCH3 is 1. The van der Waals surface area contributed by atoms with Gasteiger partial charge in [-0.05, 0) is 49.8 Å². The van der Waals surface area contributed by atoms with Crippen molar-refractivity contribution in [3.8, 4) is 5.75 Å². The molecule has 0 spiro atoms. The van der Waals surface area contributed by atoms with Crippen molar-refractivity contribution in [1.82, 2.24) is 5.32 Å². The lowest BCUT2D eigenvalue weighted by atomic mass is 10.3. The van der Waals surface area contributed by atoms with E-state index in [9.17, 15) is 0 Å². The standard InChI is InChI=1S/C13H20N2O2S/c1-3-17-10-4-9-14-13(18)15-11-5-7-12(16-2)8-6-11/h5-8H,3-4,9-10H2,1-2H3,(H2,14,15,18). The molecule has 0 aliphatic rings. The maximum atomic E-state index is 5.24. The average molecular weight is 268 g/mol. The van der Waals surface area contributed by atoms with Gasteiger partial charge in [0.05, 0.1) is 7.11 Å². The van der Waals surface area contributed by atoms with Crippen molar-refractivity contribution in [2.24, 2.45) is 0 Å². The molecular weight excluding hydrogens is 248 g/mol. The second-order valence-corrected chi connectivity index (χ2v) is 4.07. The second kappa shape index (κ2) is 8.72. The molecule has 0 bridgehead atoms. The molecule has 0 fully saturated rings. The summed E-state index contributed by atoms with van der Waals surface area (Å²) in [7, 11) is 1.65. The molecule has 0 amide bonds. The Morgan fingerprint density at radius 2 is 2.00 bits per heavy atom.